The maximum absolute atomic E-state index is 2.45. The second-order valence-corrected chi connectivity index (χ2v) is 6.57. The highest BCUT2D eigenvalue weighted by Gasteiger charge is 2.01. The summed E-state index contributed by atoms with van der Waals surface area (Å²) >= 11 is 0. The summed E-state index contributed by atoms with van der Waals surface area (Å²) < 4.78 is 0. The summed E-state index contributed by atoms with van der Waals surface area (Å²) in [6.45, 7) is 7.04. The Balaban J connectivity index is 3.05. The van der Waals surface area contributed by atoms with Crippen molar-refractivity contribution in [3.63, 3.8) is 0 Å². The molecule has 0 aliphatic heterocycles. The SMILES string of the molecule is CCCCCCCCCCCCC(C)CCCCC. The number of hydrogen-bond acceptors (Lipinski definition) is 0. The molecule has 0 nitrogen and oxygen atoms in total. The van der Waals surface area contributed by atoms with Crippen LogP contribution in [0.25, 0.3) is 0 Å². The molecular formula is C19H40. The first-order valence-corrected chi connectivity index (χ1v) is 9.31. The molecule has 116 valence electrons. The number of unbranched alkanes of at least 4 members (excludes halogenated alkanes) is 11. The normalized spacial score (nSPS) is 12.8. The van der Waals surface area contributed by atoms with Crippen molar-refractivity contribution in [3.05, 3.63) is 0 Å². The third-order valence-corrected chi connectivity index (χ3v) is 4.35. The van der Waals surface area contributed by atoms with Crippen molar-refractivity contribution in [2.24, 2.45) is 5.92 Å². The van der Waals surface area contributed by atoms with Gasteiger partial charge in [-0.1, -0.05) is 117 Å². The Kier molecular flexibility index (Phi) is 16.1. The zero-order valence-electron chi connectivity index (χ0n) is 14.2. The summed E-state index contributed by atoms with van der Waals surface area (Å²) in [6, 6.07) is 0. The first-order valence-electron chi connectivity index (χ1n) is 9.31. The molecule has 0 heterocycles. The minimum atomic E-state index is 0.973. The molecule has 0 N–H and O–H groups in total. The average Bonchev–Trinajstić information content (AvgIpc) is 2.41. The predicted octanol–water partition coefficient (Wildman–Crippen LogP) is 7.51. The van der Waals surface area contributed by atoms with E-state index in [2.05, 4.69) is 20.8 Å². The molecule has 0 aromatic heterocycles. The molecule has 0 heteroatoms. The van der Waals surface area contributed by atoms with Crippen molar-refractivity contribution in [1.29, 1.82) is 0 Å². The first-order chi connectivity index (χ1) is 9.31. The van der Waals surface area contributed by atoms with Crippen LogP contribution in [0, 0.1) is 5.92 Å². The van der Waals surface area contributed by atoms with Crippen LogP contribution in [0.3, 0.4) is 0 Å². The summed E-state index contributed by atoms with van der Waals surface area (Å²) in [6.07, 6.45) is 21.8. The Morgan fingerprint density at radius 2 is 0.789 bits per heavy atom. The lowest BCUT2D eigenvalue weighted by Gasteiger charge is -2.10. The van der Waals surface area contributed by atoms with Crippen LogP contribution < -0.4 is 0 Å². The van der Waals surface area contributed by atoms with E-state index in [-0.39, 0.29) is 0 Å². The Labute approximate surface area is 123 Å². The van der Waals surface area contributed by atoms with Crippen molar-refractivity contribution < 1.29 is 0 Å². The van der Waals surface area contributed by atoms with Crippen LogP contribution in [0.2, 0.25) is 0 Å². The van der Waals surface area contributed by atoms with Crippen molar-refractivity contribution in [2.75, 3.05) is 0 Å². The van der Waals surface area contributed by atoms with Crippen molar-refractivity contribution >= 4 is 0 Å². The molecule has 1 atom stereocenters. The molecule has 0 amide bonds. The average molecular weight is 269 g/mol. The van der Waals surface area contributed by atoms with Crippen LogP contribution in [0.15, 0.2) is 0 Å². The van der Waals surface area contributed by atoms with Gasteiger partial charge in [0.25, 0.3) is 0 Å². The zero-order valence-corrected chi connectivity index (χ0v) is 14.2. The monoisotopic (exact) mass is 268 g/mol. The van der Waals surface area contributed by atoms with Gasteiger partial charge in [0, 0.05) is 0 Å². The highest BCUT2D eigenvalue weighted by Crippen LogP contribution is 2.17. The maximum atomic E-state index is 2.45. The molecule has 0 spiro atoms. The first kappa shape index (κ1) is 19.0. The van der Waals surface area contributed by atoms with E-state index in [1.54, 1.807) is 0 Å². The summed E-state index contributed by atoms with van der Waals surface area (Å²) in [5.74, 6) is 0.973. The number of rotatable bonds is 15. The van der Waals surface area contributed by atoms with E-state index >= 15 is 0 Å². The quantitative estimate of drug-likeness (QED) is 0.269. The molecule has 0 saturated heterocycles. The van der Waals surface area contributed by atoms with Crippen LogP contribution in [-0.2, 0) is 0 Å². The van der Waals surface area contributed by atoms with Gasteiger partial charge in [-0.2, -0.15) is 0 Å². The fraction of sp³-hybridized carbons (Fsp3) is 1.00. The zero-order chi connectivity index (χ0) is 14.2. The molecule has 0 fully saturated rings. The summed E-state index contributed by atoms with van der Waals surface area (Å²) in [7, 11) is 0. The largest absolute Gasteiger partial charge is 0.0654 e. The van der Waals surface area contributed by atoms with E-state index in [9.17, 15) is 0 Å². The second-order valence-electron chi connectivity index (χ2n) is 6.57. The Morgan fingerprint density at radius 3 is 1.26 bits per heavy atom. The minimum absolute atomic E-state index is 0.973. The van der Waals surface area contributed by atoms with Gasteiger partial charge in [-0.05, 0) is 5.92 Å². The smallest absolute Gasteiger partial charge is 0.0443 e. The van der Waals surface area contributed by atoms with Crippen molar-refractivity contribution in [1.82, 2.24) is 0 Å². The lowest BCUT2D eigenvalue weighted by atomic mass is 9.96. The van der Waals surface area contributed by atoms with Gasteiger partial charge < -0.3 is 0 Å². The van der Waals surface area contributed by atoms with E-state index in [1.165, 1.54) is 96.3 Å². The van der Waals surface area contributed by atoms with E-state index < -0.39 is 0 Å². The molecule has 1 unspecified atom stereocenters. The van der Waals surface area contributed by atoms with Gasteiger partial charge in [0.05, 0.1) is 0 Å². The molecule has 0 bridgehead atoms. The van der Waals surface area contributed by atoms with E-state index in [0.717, 1.165) is 5.92 Å². The molecule has 0 rings (SSSR count). The highest BCUT2D eigenvalue weighted by atomic mass is 14.1. The molecule has 0 aromatic carbocycles. The molecule has 0 aliphatic rings. The Morgan fingerprint density at radius 1 is 0.474 bits per heavy atom. The van der Waals surface area contributed by atoms with Crippen LogP contribution in [0.1, 0.15) is 117 Å². The number of hydrogen-bond donors (Lipinski definition) is 0. The van der Waals surface area contributed by atoms with Gasteiger partial charge in [0.1, 0.15) is 0 Å². The standard InChI is InChI=1S/C19H40/c1-4-6-8-9-10-11-12-13-14-16-18-19(3)17-15-7-5-2/h19H,4-18H2,1-3H3. The van der Waals surface area contributed by atoms with Crippen molar-refractivity contribution in [3.8, 4) is 0 Å². The van der Waals surface area contributed by atoms with Crippen LogP contribution in [-0.4, -0.2) is 0 Å². The van der Waals surface area contributed by atoms with E-state index in [4.69, 9.17) is 0 Å². The Bertz CT molecular complexity index is 150. The van der Waals surface area contributed by atoms with E-state index in [0.29, 0.717) is 0 Å². The predicted molar refractivity (Wildman–Crippen MR) is 89.8 cm³/mol. The van der Waals surface area contributed by atoms with Gasteiger partial charge in [-0.15, -0.1) is 0 Å². The third kappa shape index (κ3) is 15.9. The fourth-order valence-electron chi connectivity index (χ4n) is 2.87. The summed E-state index contributed by atoms with van der Waals surface area (Å²) in [5.41, 5.74) is 0. The van der Waals surface area contributed by atoms with Gasteiger partial charge in [-0.3, -0.25) is 0 Å². The molecule has 0 aliphatic carbocycles. The summed E-state index contributed by atoms with van der Waals surface area (Å²) in [4.78, 5) is 0. The third-order valence-electron chi connectivity index (χ3n) is 4.35. The van der Waals surface area contributed by atoms with Gasteiger partial charge >= 0.3 is 0 Å². The van der Waals surface area contributed by atoms with Crippen LogP contribution in [0.4, 0.5) is 0 Å². The molecule has 0 aromatic rings. The summed E-state index contributed by atoms with van der Waals surface area (Å²) in [5, 5.41) is 0. The van der Waals surface area contributed by atoms with Gasteiger partial charge in [-0.25, -0.2) is 0 Å². The Hall–Kier alpha value is 0. The molecule has 19 heavy (non-hydrogen) atoms. The van der Waals surface area contributed by atoms with Gasteiger partial charge in [0.15, 0.2) is 0 Å². The van der Waals surface area contributed by atoms with Crippen LogP contribution >= 0.6 is 0 Å². The van der Waals surface area contributed by atoms with Crippen LogP contribution in [0.5, 0.6) is 0 Å². The fourth-order valence-corrected chi connectivity index (χ4v) is 2.87. The van der Waals surface area contributed by atoms with Gasteiger partial charge in [0.2, 0.25) is 0 Å². The minimum Gasteiger partial charge on any atom is -0.0654 e. The maximum Gasteiger partial charge on any atom is -0.0443 e. The lowest BCUT2D eigenvalue weighted by molar-refractivity contribution is 0.435. The second kappa shape index (κ2) is 16.1. The molecule has 0 radical (unpaired) electrons. The molecular weight excluding hydrogens is 228 g/mol. The molecule has 0 saturated carbocycles. The lowest BCUT2D eigenvalue weighted by Crippen LogP contribution is -1.94. The topological polar surface area (TPSA) is 0 Å². The van der Waals surface area contributed by atoms with E-state index in [1.807, 2.05) is 0 Å². The van der Waals surface area contributed by atoms with Crippen molar-refractivity contribution in [2.45, 2.75) is 117 Å². The highest BCUT2D eigenvalue weighted by molar-refractivity contribution is 4.55.